The quantitative estimate of drug-likeness (QED) is 0.570. The summed E-state index contributed by atoms with van der Waals surface area (Å²) in [5, 5.41) is 8.33. The van der Waals surface area contributed by atoms with E-state index in [9.17, 15) is 9.59 Å². The molecule has 1 N–H and O–H groups in total. The number of carbonyl (C=O) groups excluding carboxylic acids is 1. The minimum atomic E-state index is -1.29. The van der Waals surface area contributed by atoms with E-state index in [4.69, 9.17) is 5.11 Å². The second kappa shape index (κ2) is 4.00. The second-order valence-corrected chi connectivity index (χ2v) is 1.77. The monoisotopic (exact) mass is 146 g/mol. The second-order valence-electron chi connectivity index (χ2n) is 1.77. The van der Waals surface area contributed by atoms with Gasteiger partial charge in [-0.3, -0.25) is 4.79 Å². The van der Waals surface area contributed by atoms with Gasteiger partial charge in [0.1, 0.15) is 0 Å². The molecule has 0 fully saturated rings. The van der Waals surface area contributed by atoms with Crippen LogP contribution in [0.25, 0.3) is 0 Å². The van der Waals surface area contributed by atoms with Crippen LogP contribution in [0.15, 0.2) is 0 Å². The highest BCUT2D eigenvalue weighted by Crippen LogP contribution is 1.95. The number of aliphatic carboxylic acids is 1. The summed E-state index contributed by atoms with van der Waals surface area (Å²) in [6, 6.07) is 0. The van der Waals surface area contributed by atoms with Crippen LogP contribution < -0.4 is 0 Å². The summed E-state index contributed by atoms with van der Waals surface area (Å²) in [5.74, 6) is -1.63. The van der Waals surface area contributed by atoms with Gasteiger partial charge in [0.25, 0.3) is 0 Å². The van der Waals surface area contributed by atoms with Crippen LogP contribution in [0.4, 0.5) is 0 Å². The van der Waals surface area contributed by atoms with Gasteiger partial charge in [0.15, 0.2) is 5.78 Å². The number of carboxylic acids is 1. The Bertz CT molecular complexity index is 141. The Morgan fingerprint density at radius 1 is 1.60 bits per heavy atom. The molecule has 1 atom stereocenters. The first-order valence-corrected chi connectivity index (χ1v) is 2.91. The van der Waals surface area contributed by atoms with Crippen LogP contribution in [0.2, 0.25) is 0 Å². The van der Waals surface area contributed by atoms with Crippen molar-refractivity contribution >= 4 is 11.8 Å². The zero-order valence-electron chi connectivity index (χ0n) is 5.96. The Balaban J connectivity index is 4.06. The zero-order chi connectivity index (χ0) is 8.15. The van der Waals surface area contributed by atoms with Gasteiger partial charge in [-0.1, -0.05) is 6.92 Å². The number of rotatable bonds is 4. The molecule has 0 bridgehead atoms. The van der Waals surface area contributed by atoms with Crippen molar-refractivity contribution in [3.05, 3.63) is 0 Å². The molecule has 0 aromatic heterocycles. The minimum Gasteiger partial charge on any atom is -0.479 e. The van der Waals surface area contributed by atoms with Gasteiger partial charge < -0.3 is 9.84 Å². The van der Waals surface area contributed by atoms with Gasteiger partial charge in [-0.15, -0.1) is 0 Å². The molecule has 0 radical (unpaired) electrons. The number of hydrogen-bond donors (Lipinski definition) is 1. The van der Waals surface area contributed by atoms with Gasteiger partial charge in [0.2, 0.25) is 6.10 Å². The standard InChI is InChI=1S/C6H10O4/c1-3-4(7)5(10-2)6(8)9/h5H,3H2,1-2H3,(H,8,9). The third-order valence-electron chi connectivity index (χ3n) is 1.10. The van der Waals surface area contributed by atoms with Crippen molar-refractivity contribution in [2.24, 2.45) is 0 Å². The van der Waals surface area contributed by atoms with Crippen molar-refractivity contribution in [2.45, 2.75) is 19.4 Å². The number of carboxylic acid groups (broad SMARTS) is 1. The molecule has 0 aliphatic heterocycles. The lowest BCUT2D eigenvalue weighted by molar-refractivity contribution is -0.154. The Morgan fingerprint density at radius 3 is 2.20 bits per heavy atom. The van der Waals surface area contributed by atoms with Crippen LogP contribution in [0.5, 0.6) is 0 Å². The Labute approximate surface area is 58.8 Å². The molecule has 10 heavy (non-hydrogen) atoms. The predicted molar refractivity (Wildman–Crippen MR) is 33.7 cm³/mol. The SMILES string of the molecule is CCC(=O)C(OC)C(=O)O. The molecule has 0 aliphatic carbocycles. The number of ketones is 1. The lowest BCUT2D eigenvalue weighted by Gasteiger charge is -2.05. The fraction of sp³-hybridized carbons (Fsp3) is 0.667. The lowest BCUT2D eigenvalue weighted by atomic mass is 10.2. The van der Waals surface area contributed by atoms with Crippen molar-refractivity contribution < 1.29 is 19.4 Å². The van der Waals surface area contributed by atoms with E-state index in [1.54, 1.807) is 6.92 Å². The van der Waals surface area contributed by atoms with E-state index >= 15 is 0 Å². The number of methoxy groups -OCH3 is 1. The largest absolute Gasteiger partial charge is 0.479 e. The van der Waals surface area contributed by atoms with Crippen LogP contribution in [0.1, 0.15) is 13.3 Å². The van der Waals surface area contributed by atoms with Gasteiger partial charge in [-0.2, -0.15) is 0 Å². The summed E-state index contributed by atoms with van der Waals surface area (Å²) in [7, 11) is 1.20. The maximum Gasteiger partial charge on any atom is 0.340 e. The molecule has 0 saturated carbocycles. The van der Waals surface area contributed by atoms with Crippen molar-refractivity contribution in [1.29, 1.82) is 0 Å². The molecule has 0 saturated heterocycles. The van der Waals surface area contributed by atoms with Gasteiger partial charge in [-0.05, 0) is 0 Å². The van der Waals surface area contributed by atoms with Crippen molar-refractivity contribution in [3.8, 4) is 0 Å². The smallest absolute Gasteiger partial charge is 0.340 e. The number of Topliss-reactive ketones (excluding diaryl/α,β-unsaturated/α-hetero) is 1. The molecule has 0 aromatic rings. The third kappa shape index (κ3) is 2.14. The predicted octanol–water partition coefficient (Wildman–Crippen LogP) is 0.0651. The van der Waals surface area contributed by atoms with Crippen LogP contribution in [0, 0.1) is 0 Å². The Hall–Kier alpha value is -0.900. The lowest BCUT2D eigenvalue weighted by Crippen LogP contribution is -2.31. The van der Waals surface area contributed by atoms with Crippen LogP contribution in [0.3, 0.4) is 0 Å². The van der Waals surface area contributed by atoms with E-state index in [0.717, 1.165) is 0 Å². The highest BCUT2D eigenvalue weighted by Gasteiger charge is 2.23. The van der Waals surface area contributed by atoms with Crippen LogP contribution in [-0.2, 0) is 14.3 Å². The van der Waals surface area contributed by atoms with E-state index in [0.29, 0.717) is 0 Å². The summed E-state index contributed by atoms with van der Waals surface area (Å²) in [6.07, 6.45) is -1.10. The number of ether oxygens (including phenoxy) is 1. The van der Waals surface area contributed by atoms with Gasteiger partial charge in [0, 0.05) is 13.5 Å². The van der Waals surface area contributed by atoms with Crippen molar-refractivity contribution in [3.63, 3.8) is 0 Å². The molecule has 58 valence electrons. The van der Waals surface area contributed by atoms with E-state index in [1.807, 2.05) is 0 Å². The topological polar surface area (TPSA) is 63.6 Å². The summed E-state index contributed by atoms with van der Waals surface area (Å²) in [5.41, 5.74) is 0. The average molecular weight is 146 g/mol. The maximum atomic E-state index is 10.7. The first-order chi connectivity index (χ1) is 4.63. The van der Waals surface area contributed by atoms with Crippen LogP contribution >= 0.6 is 0 Å². The summed E-state index contributed by atoms with van der Waals surface area (Å²) < 4.78 is 4.42. The molecule has 0 aliphatic rings. The van der Waals surface area contributed by atoms with Gasteiger partial charge in [-0.25, -0.2) is 4.79 Å². The number of carbonyl (C=O) groups is 2. The molecule has 0 amide bonds. The molecule has 4 nitrogen and oxygen atoms in total. The summed E-state index contributed by atoms with van der Waals surface area (Å²) >= 11 is 0. The molecule has 4 heteroatoms. The molecule has 0 spiro atoms. The Morgan fingerprint density at radius 2 is 2.10 bits per heavy atom. The summed E-state index contributed by atoms with van der Waals surface area (Å²) in [6.45, 7) is 1.59. The third-order valence-corrected chi connectivity index (χ3v) is 1.10. The number of hydrogen-bond acceptors (Lipinski definition) is 3. The van der Waals surface area contributed by atoms with Crippen molar-refractivity contribution in [2.75, 3.05) is 7.11 Å². The fourth-order valence-corrected chi connectivity index (χ4v) is 0.555. The first-order valence-electron chi connectivity index (χ1n) is 2.91. The van der Waals surface area contributed by atoms with E-state index in [1.165, 1.54) is 7.11 Å². The Kier molecular flexibility index (Phi) is 3.64. The molecular formula is C6H10O4. The average Bonchev–Trinajstić information content (AvgIpc) is 1.88. The van der Waals surface area contributed by atoms with E-state index in [2.05, 4.69) is 4.74 Å². The molecule has 0 rings (SSSR count). The zero-order valence-corrected chi connectivity index (χ0v) is 5.96. The maximum absolute atomic E-state index is 10.7. The molecule has 0 aromatic carbocycles. The summed E-state index contributed by atoms with van der Waals surface area (Å²) in [4.78, 5) is 20.9. The first kappa shape index (κ1) is 9.10. The molecule has 0 heterocycles. The highest BCUT2D eigenvalue weighted by atomic mass is 16.5. The van der Waals surface area contributed by atoms with E-state index in [-0.39, 0.29) is 6.42 Å². The van der Waals surface area contributed by atoms with Crippen LogP contribution in [-0.4, -0.2) is 30.1 Å². The van der Waals surface area contributed by atoms with Crippen molar-refractivity contribution in [1.82, 2.24) is 0 Å². The van der Waals surface area contributed by atoms with Gasteiger partial charge >= 0.3 is 5.97 Å². The normalized spacial score (nSPS) is 12.6. The minimum absolute atomic E-state index is 0.185. The molecular weight excluding hydrogens is 136 g/mol. The van der Waals surface area contributed by atoms with Gasteiger partial charge in [0.05, 0.1) is 0 Å². The molecule has 1 unspecified atom stereocenters. The fourth-order valence-electron chi connectivity index (χ4n) is 0.555. The highest BCUT2D eigenvalue weighted by molar-refractivity contribution is 6.00. The van der Waals surface area contributed by atoms with E-state index < -0.39 is 17.9 Å².